The summed E-state index contributed by atoms with van der Waals surface area (Å²) in [4.78, 5) is 0. The van der Waals surface area contributed by atoms with Gasteiger partial charge in [-0.15, -0.1) is 0 Å². The zero-order chi connectivity index (χ0) is 11.9. The van der Waals surface area contributed by atoms with Crippen molar-refractivity contribution in [2.45, 2.75) is 40.2 Å². The van der Waals surface area contributed by atoms with Crippen LogP contribution in [0.15, 0.2) is 34.9 Å². The molecule has 2 aliphatic rings. The third kappa shape index (κ3) is 1.89. The van der Waals surface area contributed by atoms with Gasteiger partial charge in [0.05, 0.1) is 6.10 Å². The van der Waals surface area contributed by atoms with Crippen LogP contribution in [0.25, 0.3) is 0 Å². The molecule has 0 saturated carbocycles. The standard InChI is InChI=1S/C15H22O/c1-9(2)15-12-6-5-10(3)7-13(12)11(4)8-14(15)16/h5,7-9,12,14-16H,6H2,1-4H3/t12-,14+,15+/m1/s1. The molecule has 88 valence electrons. The van der Waals surface area contributed by atoms with Crippen LogP contribution < -0.4 is 0 Å². The van der Waals surface area contributed by atoms with Crippen LogP contribution >= 0.6 is 0 Å². The van der Waals surface area contributed by atoms with E-state index in [0.29, 0.717) is 17.8 Å². The molecule has 16 heavy (non-hydrogen) atoms. The Morgan fingerprint density at radius 1 is 1.31 bits per heavy atom. The fourth-order valence-electron chi connectivity index (χ4n) is 3.18. The molecule has 0 bridgehead atoms. The third-order valence-electron chi connectivity index (χ3n) is 3.98. The van der Waals surface area contributed by atoms with Crippen molar-refractivity contribution in [3.05, 3.63) is 34.9 Å². The molecule has 0 radical (unpaired) electrons. The summed E-state index contributed by atoms with van der Waals surface area (Å²) < 4.78 is 0. The Morgan fingerprint density at radius 3 is 2.62 bits per heavy atom. The second-order valence-electron chi connectivity index (χ2n) is 5.55. The summed E-state index contributed by atoms with van der Waals surface area (Å²) in [6, 6.07) is 0. The van der Waals surface area contributed by atoms with Gasteiger partial charge in [-0.1, -0.05) is 37.6 Å². The van der Waals surface area contributed by atoms with E-state index in [9.17, 15) is 5.11 Å². The molecule has 0 aromatic rings. The normalized spacial score (nSPS) is 34.1. The van der Waals surface area contributed by atoms with Gasteiger partial charge in [0, 0.05) is 0 Å². The minimum atomic E-state index is -0.269. The van der Waals surface area contributed by atoms with E-state index in [1.165, 1.54) is 16.7 Å². The molecule has 0 spiro atoms. The molecular weight excluding hydrogens is 196 g/mol. The van der Waals surface area contributed by atoms with Crippen LogP contribution in [0.2, 0.25) is 0 Å². The Labute approximate surface area is 98.6 Å². The van der Waals surface area contributed by atoms with Gasteiger partial charge >= 0.3 is 0 Å². The summed E-state index contributed by atoms with van der Waals surface area (Å²) >= 11 is 0. The van der Waals surface area contributed by atoms with E-state index in [-0.39, 0.29) is 6.10 Å². The number of aliphatic hydroxyl groups is 1. The fourth-order valence-corrected chi connectivity index (χ4v) is 3.18. The van der Waals surface area contributed by atoms with Crippen molar-refractivity contribution in [2.75, 3.05) is 0 Å². The van der Waals surface area contributed by atoms with Crippen molar-refractivity contribution in [2.24, 2.45) is 17.8 Å². The number of rotatable bonds is 1. The highest BCUT2D eigenvalue weighted by molar-refractivity contribution is 5.43. The van der Waals surface area contributed by atoms with Crippen LogP contribution in [0.4, 0.5) is 0 Å². The lowest BCUT2D eigenvalue weighted by atomic mass is 9.67. The van der Waals surface area contributed by atoms with Crippen LogP contribution in [0, 0.1) is 17.8 Å². The van der Waals surface area contributed by atoms with Crippen LogP contribution in [0.3, 0.4) is 0 Å². The molecule has 0 saturated heterocycles. The summed E-state index contributed by atoms with van der Waals surface area (Å²) in [6.07, 6.45) is 7.44. The van der Waals surface area contributed by atoms with Crippen molar-refractivity contribution >= 4 is 0 Å². The summed E-state index contributed by atoms with van der Waals surface area (Å²) in [5.74, 6) is 1.42. The molecule has 0 fully saturated rings. The van der Waals surface area contributed by atoms with E-state index in [4.69, 9.17) is 0 Å². The van der Waals surface area contributed by atoms with Gasteiger partial charge in [0.2, 0.25) is 0 Å². The number of fused-ring (bicyclic) bond motifs is 1. The predicted octanol–water partition coefficient (Wildman–Crippen LogP) is 3.47. The molecule has 0 aliphatic heterocycles. The van der Waals surface area contributed by atoms with Gasteiger partial charge in [0.15, 0.2) is 0 Å². The van der Waals surface area contributed by atoms with E-state index < -0.39 is 0 Å². The van der Waals surface area contributed by atoms with Crippen molar-refractivity contribution in [1.82, 2.24) is 0 Å². The molecule has 1 nitrogen and oxygen atoms in total. The molecule has 0 amide bonds. The molecule has 0 aromatic carbocycles. The first kappa shape index (κ1) is 11.7. The lowest BCUT2D eigenvalue weighted by Gasteiger charge is -2.40. The number of aliphatic hydroxyl groups excluding tert-OH is 1. The highest BCUT2D eigenvalue weighted by Crippen LogP contribution is 2.43. The first-order valence-corrected chi connectivity index (χ1v) is 6.26. The largest absolute Gasteiger partial charge is 0.389 e. The van der Waals surface area contributed by atoms with Crippen LogP contribution in [0.5, 0.6) is 0 Å². The number of hydrogen-bond donors (Lipinski definition) is 1. The SMILES string of the molecule is CC1=CC[C@@H]2C(=C1)C(C)=C[C@H](O)[C@H]2C(C)C. The van der Waals surface area contributed by atoms with Gasteiger partial charge in [-0.25, -0.2) is 0 Å². The molecule has 3 atom stereocenters. The predicted molar refractivity (Wildman–Crippen MR) is 68.0 cm³/mol. The van der Waals surface area contributed by atoms with E-state index in [2.05, 4.69) is 39.8 Å². The lowest BCUT2D eigenvalue weighted by molar-refractivity contribution is 0.0834. The minimum absolute atomic E-state index is 0.269. The second-order valence-corrected chi connectivity index (χ2v) is 5.55. The third-order valence-corrected chi connectivity index (χ3v) is 3.98. The summed E-state index contributed by atoms with van der Waals surface area (Å²) in [5, 5.41) is 10.2. The van der Waals surface area contributed by atoms with Gasteiger partial charge in [-0.2, -0.15) is 0 Å². The zero-order valence-corrected chi connectivity index (χ0v) is 10.7. The Balaban J connectivity index is 2.40. The van der Waals surface area contributed by atoms with Crippen LogP contribution in [-0.2, 0) is 0 Å². The summed E-state index contributed by atoms with van der Waals surface area (Å²) in [6.45, 7) is 8.71. The lowest BCUT2D eigenvalue weighted by Crippen LogP contribution is -2.36. The second kappa shape index (κ2) is 4.21. The molecule has 0 unspecified atom stereocenters. The fraction of sp³-hybridized carbons (Fsp3) is 0.600. The average Bonchev–Trinajstić information content (AvgIpc) is 2.18. The van der Waals surface area contributed by atoms with Gasteiger partial charge in [-0.3, -0.25) is 0 Å². The topological polar surface area (TPSA) is 20.2 Å². The van der Waals surface area contributed by atoms with Gasteiger partial charge in [-0.05, 0) is 49.2 Å². The number of hydrogen-bond acceptors (Lipinski definition) is 1. The number of allylic oxidation sites excluding steroid dienone is 5. The maximum atomic E-state index is 10.2. The van der Waals surface area contributed by atoms with E-state index in [1.54, 1.807) is 0 Å². The molecule has 1 N–H and O–H groups in total. The molecule has 1 heteroatoms. The van der Waals surface area contributed by atoms with Gasteiger partial charge in [0.1, 0.15) is 0 Å². The highest BCUT2D eigenvalue weighted by Gasteiger charge is 2.36. The Bertz CT molecular complexity index is 371. The van der Waals surface area contributed by atoms with E-state index in [0.717, 1.165) is 6.42 Å². The van der Waals surface area contributed by atoms with Crippen molar-refractivity contribution in [3.63, 3.8) is 0 Å². The average molecular weight is 218 g/mol. The first-order chi connectivity index (χ1) is 7.50. The molecule has 0 heterocycles. The molecular formula is C15H22O. The molecule has 0 aromatic heterocycles. The van der Waals surface area contributed by atoms with Gasteiger partial charge < -0.3 is 5.11 Å². The summed E-state index contributed by atoms with van der Waals surface area (Å²) in [7, 11) is 0. The van der Waals surface area contributed by atoms with E-state index >= 15 is 0 Å². The quantitative estimate of drug-likeness (QED) is 0.714. The smallest absolute Gasteiger partial charge is 0.0763 e. The van der Waals surface area contributed by atoms with E-state index in [1.807, 2.05) is 6.08 Å². The van der Waals surface area contributed by atoms with Crippen LogP contribution in [-0.4, -0.2) is 11.2 Å². The maximum Gasteiger partial charge on any atom is 0.0763 e. The maximum absolute atomic E-state index is 10.2. The van der Waals surface area contributed by atoms with Crippen molar-refractivity contribution < 1.29 is 5.11 Å². The van der Waals surface area contributed by atoms with Crippen molar-refractivity contribution in [3.8, 4) is 0 Å². The first-order valence-electron chi connectivity index (χ1n) is 6.26. The van der Waals surface area contributed by atoms with Crippen LogP contribution in [0.1, 0.15) is 34.1 Å². The Hall–Kier alpha value is -0.820. The Kier molecular flexibility index (Phi) is 3.07. The Morgan fingerprint density at radius 2 is 2.00 bits per heavy atom. The van der Waals surface area contributed by atoms with Gasteiger partial charge in [0.25, 0.3) is 0 Å². The minimum Gasteiger partial charge on any atom is -0.389 e. The molecule has 2 aliphatic carbocycles. The highest BCUT2D eigenvalue weighted by atomic mass is 16.3. The molecule has 2 rings (SSSR count). The van der Waals surface area contributed by atoms with Crippen molar-refractivity contribution in [1.29, 1.82) is 0 Å². The zero-order valence-electron chi connectivity index (χ0n) is 10.7. The summed E-state index contributed by atoms with van der Waals surface area (Å²) in [5.41, 5.74) is 4.07. The monoisotopic (exact) mass is 218 g/mol.